The van der Waals surface area contributed by atoms with Crippen molar-refractivity contribution < 1.29 is 14.3 Å². The molecule has 0 fully saturated rings. The first-order valence-corrected chi connectivity index (χ1v) is 10.6. The molecule has 2 aromatic carbocycles. The average molecular weight is 431 g/mol. The van der Waals surface area contributed by atoms with Crippen LogP contribution in [-0.2, 0) is 13.1 Å². The minimum atomic E-state index is -0.0985. The monoisotopic (exact) mass is 430 g/mol. The van der Waals surface area contributed by atoms with Crippen LogP contribution in [0.2, 0.25) is 0 Å². The van der Waals surface area contributed by atoms with E-state index in [1.165, 1.54) is 0 Å². The molecule has 0 bridgehead atoms. The van der Waals surface area contributed by atoms with Crippen molar-refractivity contribution in [3.63, 3.8) is 0 Å². The molecule has 7 heteroatoms. The highest BCUT2D eigenvalue weighted by atomic mass is 16.5. The molecule has 4 rings (SSSR count). The first kappa shape index (κ1) is 21.4. The van der Waals surface area contributed by atoms with Crippen molar-refractivity contribution in [2.75, 3.05) is 20.3 Å². The van der Waals surface area contributed by atoms with E-state index >= 15 is 0 Å². The summed E-state index contributed by atoms with van der Waals surface area (Å²) in [5, 5.41) is 0. The fourth-order valence-electron chi connectivity index (χ4n) is 3.58. The molecule has 0 atom stereocenters. The van der Waals surface area contributed by atoms with Crippen molar-refractivity contribution in [3.05, 3.63) is 84.4 Å². The molecule has 0 saturated carbocycles. The number of aromatic nitrogens is 3. The normalized spacial score (nSPS) is 10.8. The van der Waals surface area contributed by atoms with E-state index < -0.39 is 0 Å². The third kappa shape index (κ3) is 4.72. The number of hydrogen-bond acceptors (Lipinski definition) is 5. The lowest BCUT2D eigenvalue weighted by atomic mass is 10.2. The van der Waals surface area contributed by atoms with E-state index in [1.807, 2.05) is 55.5 Å². The summed E-state index contributed by atoms with van der Waals surface area (Å²) in [6.45, 7) is 3.93. The second-order valence-corrected chi connectivity index (χ2v) is 7.30. The summed E-state index contributed by atoms with van der Waals surface area (Å²) >= 11 is 0. The summed E-state index contributed by atoms with van der Waals surface area (Å²) < 4.78 is 13.8. The maximum absolute atomic E-state index is 12.8. The molecule has 0 N–H and O–H groups in total. The maximum Gasteiger partial charge on any atom is 0.255 e. The summed E-state index contributed by atoms with van der Waals surface area (Å²) in [6.07, 6.45) is 3.23. The van der Waals surface area contributed by atoms with Gasteiger partial charge in [-0.2, -0.15) is 0 Å². The Kier molecular flexibility index (Phi) is 6.65. The first-order valence-electron chi connectivity index (χ1n) is 10.6. The molecule has 4 aromatic rings. The number of benzene rings is 2. The van der Waals surface area contributed by atoms with E-state index in [0.29, 0.717) is 37.6 Å². The zero-order valence-electron chi connectivity index (χ0n) is 18.3. The van der Waals surface area contributed by atoms with Crippen molar-refractivity contribution in [1.82, 2.24) is 19.4 Å². The van der Waals surface area contributed by atoms with Crippen LogP contribution in [0.1, 0.15) is 23.1 Å². The number of para-hydroxylation sites is 4. The van der Waals surface area contributed by atoms with Gasteiger partial charge >= 0.3 is 0 Å². The predicted octanol–water partition coefficient (Wildman–Crippen LogP) is 4.18. The van der Waals surface area contributed by atoms with Crippen LogP contribution in [0.3, 0.4) is 0 Å². The molecule has 0 aliphatic carbocycles. The number of rotatable bonds is 9. The molecule has 0 aliphatic heterocycles. The lowest BCUT2D eigenvalue weighted by molar-refractivity contribution is 0.0779. The smallest absolute Gasteiger partial charge is 0.255 e. The molecule has 0 radical (unpaired) electrons. The number of amides is 1. The van der Waals surface area contributed by atoms with E-state index in [0.717, 1.165) is 22.6 Å². The Morgan fingerprint density at radius 1 is 1.00 bits per heavy atom. The second kappa shape index (κ2) is 9.96. The molecule has 2 heterocycles. The third-order valence-corrected chi connectivity index (χ3v) is 5.09. The highest BCUT2D eigenvalue weighted by molar-refractivity contribution is 5.93. The molecule has 0 spiro atoms. The Morgan fingerprint density at radius 2 is 1.75 bits per heavy atom. The zero-order valence-corrected chi connectivity index (χ0v) is 18.3. The summed E-state index contributed by atoms with van der Waals surface area (Å²) in [6, 6.07) is 19.1. The lowest BCUT2D eigenvalue weighted by Crippen LogP contribution is -2.28. The van der Waals surface area contributed by atoms with E-state index in [-0.39, 0.29) is 5.91 Å². The van der Waals surface area contributed by atoms with Crippen LogP contribution in [-0.4, -0.2) is 45.6 Å². The fourth-order valence-corrected chi connectivity index (χ4v) is 3.58. The Balaban J connectivity index is 1.52. The first-order chi connectivity index (χ1) is 15.7. The Hall–Kier alpha value is -3.87. The topological polar surface area (TPSA) is 69.5 Å². The third-order valence-electron chi connectivity index (χ3n) is 5.09. The van der Waals surface area contributed by atoms with E-state index in [1.54, 1.807) is 36.5 Å². The SMILES string of the molecule is CCOc1ccccc1OCCn1c(CN(C)C(=O)c2cccnc2)nc2ccccc21. The van der Waals surface area contributed by atoms with Crippen LogP contribution in [0.5, 0.6) is 11.5 Å². The molecule has 164 valence electrons. The summed E-state index contributed by atoms with van der Waals surface area (Å²) in [4.78, 5) is 23.3. The molecule has 2 aromatic heterocycles. The van der Waals surface area contributed by atoms with E-state index in [4.69, 9.17) is 14.5 Å². The van der Waals surface area contributed by atoms with Gasteiger partial charge in [0.2, 0.25) is 0 Å². The average Bonchev–Trinajstić information content (AvgIpc) is 3.17. The van der Waals surface area contributed by atoms with Gasteiger partial charge in [-0.3, -0.25) is 9.78 Å². The highest BCUT2D eigenvalue weighted by Crippen LogP contribution is 2.26. The van der Waals surface area contributed by atoms with Crippen molar-refractivity contribution >= 4 is 16.9 Å². The number of imidazole rings is 1. The largest absolute Gasteiger partial charge is 0.490 e. The van der Waals surface area contributed by atoms with Crippen LogP contribution in [0.15, 0.2) is 73.1 Å². The number of nitrogens with zero attached hydrogens (tertiary/aromatic N) is 4. The summed E-state index contributed by atoms with van der Waals surface area (Å²) in [5.74, 6) is 2.14. The Labute approximate surface area is 187 Å². The van der Waals surface area contributed by atoms with Gasteiger partial charge in [-0.05, 0) is 43.3 Å². The lowest BCUT2D eigenvalue weighted by Gasteiger charge is -2.18. The highest BCUT2D eigenvalue weighted by Gasteiger charge is 2.17. The molecular formula is C25H26N4O3. The zero-order chi connectivity index (χ0) is 22.3. The summed E-state index contributed by atoms with van der Waals surface area (Å²) in [7, 11) is 1.77. The molecule has 7 nitrogen and oxygen atoms in total. The Bertz CT molecular complexity index is 1190. The van der Waals surface area contributed by atoms with Gasteiger partial charge in [0.15, 0.2) is 11.5 Å². The van der Waals surface area contributed by atoms with Crippen LogP contribution in [0.25, 0.3) is 11.0 Å². The van der Waals surface area contributed by atoms with Gasteiger partial charge < -0.3 is 18.9 Å². The maximum atomic E-state index is 12.8. The molecular weight excluding hydrogens is 404 g/mol. The number of ether oxygens (including phenoxy) is 2. The van der Waals surface area contributed by atoms with Crippen molar-refractivity contribution in [3.8, 4) is 11.5 Å². The Morgan fingerprint density at radius 3 is 2.50 bits per heavy atom. The number of carbonyl (C=O) groups is 1. The number of carbonyl (C=O) groups excluding carboxylic acids is 1. The molecule has 0 unspecified atom stereocenters. The molecule has 0 saturated heterocycles. The molecule has 1 amide bonds. The van der Waals surface area contributed by atoms with Gasteiger partial charge in [-0.1, -0.05) is 24.3 Å². The van der Waals surface area contributed by atoms with Gasteiger partial charge in [0, 0.05) is 19.4 Å². The standard InChI is InChI=1S/C25H26N4O3/c1-3-31-22-12-6-7-13-23(22)32-16-15-29-21-11-5-4-10-20(21)27-24(29)18-28(2)25(30)19-9-8-14-26-17-19/h4-14,17H,3,15-16,18H2,1-2H3. The quantitative estimate of drug-likeness (QED) is 0.398. The number of fused-ring (bicyclic) bond motifs is 1. The van der Waals surface area contributed by atoms with Crippen LogP contribution in [0, 0.1) is 0 Å². The molecule has 0 aliphatic rings. The number of pyridine rings is 1. The van der Waals surface area contributed by atoms with E-state index in [9.17, 15) is 4.79 Å². The molecule has 32 heavy (non-hydrogen) atoms. The predicted molar refractivity (Wildman–Crippen MR) is 123 cm³/mol. The summed E-state index contributed by atoms with van der Waals surface area (Å²) in [5.41, 5.74) is 2.44. The van der Waals surface area contributed by atoms with Crippen molar-refractivity contribution in [2.45, 2.75) is 20.0 Å². The van der Waals surface area contributed by atoms with Crippen LogP contribution in [0.4, 0.5) is 0 Å². The second-order valence-electron chi connectivity index (χ2n) is 7.30. The van der Waals surface area contributed by atoms with Crippen molar-refractivity contribution in [1.29, 1.82) is 0 Å². The van der Waals surface area contributed by atoms with Gasteiger partial charge in [0.25, 0.3) is 5.91 Å². The van der Waals surface area contributed by atoms with Gasteiger partial charge in [-0.15, -0.1) is 0 Å². The van der Waals surface area contributed by atoms with Crippen molar-refractivity contribution in [2.24, 2.45) is 0 Å². The van der Waals surface area contributed by atoms with Crippen LogP contribution < -0.4 is 9.47 Å². The minimum Gasteiger partial charge on any atom is -0.490 e. The van der Waals surface area contributed by atoms with Gasteiger partial charge in [0.1, 0.15) is 12.4 Å². The number of hydrogen-bond donors (Lipinski definition) is 0. The van der Waals surface area contributed by atoms with E-state index in [2.05, 4.69) is 9.55 Å². The fraction of sp³-hybridized carbons (Fsp3) is 0.240. The van der Waals surface area contributed by atoms with Gasteiger partial charge in [0.05, 0.1) is 36.3 Å². The minimum absolute atomic E-state index is 0.0985. The van der Waals surface area contributed by atoms with Crippen LogP contribution >= 0.6 is 0 Å². The van der Waals surface area contributed by atoms with Gasteiger partial charge in [-0.25, -0.2) is 4.98 Å².